The molecule has 2 aromatic carbocycles. The number of hydrogen-bond donors (Lipinski definition) is 0. The minimum atomic E-state index is -0.133. The van der Waals surface area contributed by atoms with Crippen molar-refractivity contribution in [1.29, 1.82) is 0 Å². The van der Waals surface area contributed by atoms with Crippen molar-refractivity contribution >= 4 is 23.2 Å². The van der Waals surface area contributed by atoms with E-state index in [-0.39, 0.29) is 5.91 Å². The van der Waals surface area contributed by atoms with Crippen molar-refractivity contribution in [2.24, 2.45) is 0 Å². The number of benzene rings is 2. The van der Waals surface area contributed by atoms with Crippen molar-refractivity contribution in [3.05, 3.63) is 78.1 Å². The molecule has 0 spiro atoms. The summed E-state index contributed by atoms with van der Waals surface area (Å²) in [5.74, 6) is 0.494. The van der Waals surface area contributed by atoms with Gasteiger partial charge < -0.3 is 14.7 Å². The van der Waals surface area contributed by atoms with Gasteiger partial charge in [-0.05, 0) is 37.3 Å². The number of anilines is 3. The largest absolute Gasteiger partial charge is 0.368 e. The molecule has 1 fully saturated rings. The zero-order chi connectivity index (χ0) is 20.2. The summed E-state index contributed by atoms with van der Waals surface area (Å²) in [5, 5.41) is 0. The maximum atomic E-state index is 13.0. The molecule has 0 atom stereocenters. The molecule has 1 saturated heterocycles. The summed E-state index contributed by atoms with van der Waals surface area (Å²) >= 11 is 0. The van der Waals surface area contributed by atoms with Gasteiger partial charge in [-0.2, -0.15) is 0 Å². The van der Waals surface area contributed by atoms with Gasteiger partial charge in [0, 0.05) is 50.3 Å². The molecule has 1 aromatic heterocycles. The zero-order valence-electron chi connectivity index (χ0n) is 16.8. The van der Waals surface area contributed by atoms with E-state index in [1.165, 1.54) is 5.69 Å². The first-order valence-corrected chi connectivity index (χ1v) is 9.85. The molecule has 1 aliphatic heterocycles. The number of carbonyl (C=O) groups excluding carboxylic acids is 1. The predicted octanol–water partition coefficient (Wildman–Crippen LogP) is 3.39. The Bertz CT molecular complexity index is 969. The van der Waals surface area contributed by atoms with E-state index < -0.39 is 0 Å². The summed E-state index contributed by atoms with van der Waals surface area (Å²) in [6.07, 6.45) is 0. The Morgan fingerprint density at radius 3 is 2.10 bits per heavy atom. The van der Waals surface area contributed by atoms with Gasteiger partial charge >= 0.3 is 0 Å². The molecular formula is C23H25N5O. The minimum Gasteiger partial charge on any atom is -0.368 e. The Labute approximate surface area is 171 Å². The molecule has 1 amide bonds. The van der Waals surface area contributed by atoms with Crippen LogP contribution in [0.1, 0.15) is 16.2 Å². The molecular weight excluding hydrogens is 362 g/mol. The fourth-order valence-corrected chi connectivity index (χ4v) is 3.55. The molecule has 6 heteroatoms. The lowest BCUT2D eigenvalue weighted by atomic mass is 10.2. The minimum absolute atomic E-state index is 0.133. The fraction of sp³-hybridized carbons (Fsp3) is 0.261. The second-order valence-electron chi connectivity index (χ2n) is 7.20. The zero-order valence-corrected chi connectivity index (χ0v) is 16.8. The lowest BCUT2D eigenvalue weighted by Crippen LogP contribution is -2.47. The van der Waals surface area contributed by atoms with Crippen LogP contribution in [0.3, 0.4) is 0 Å². The number of amides is 1. The van der Waals surface area contributed by atoms with Gasteiger partial charge in [0.1, 0.15) is 5.69 Å². The van der Waals surface area contributed by atoms with Crippen LogP contribution in [0.4, 0.5) is 17.3 Å². The number of aryl methyl sites for hydroxylation is 1. The van der Waals surface area contributed by atoms with E-state index in [0.29, 0.717) is 11.6 Å². The number of hydrogen-bond acceptors (Lipinski definition) is 5. The van der Waals surface area contributed by atoms with Crippen LogP contribution in [-0.4, -0.2) is 49.1 Å². The Hall–Kier alpha value is -3.41. The highest BCUT2D eigenvalue weighted by Crippen LogP contribution is 2.20. The van der Waals surface area contributed by atoms with E-state index in [1.807, 2.05) is 43.3 Å². The van der Waals surface area contributed by atoms with Gasteiger partial charge in [-0.25, -0.2) is 9.97 Å². The van der Waals surface area contributed by atoms with Crippen molar-refractivity contribution < 1.29 is 4.79 Å². The van der Waals surface area contributed by atoms with Gasteiger partial charge in [0.05, 0.1) is 0 Å². The van der Waals surface area contributed by atoms with Crippen molar-refractivity contribution in [2.75, 3.05) is 47.9 Å². The van der Waals surface area contributed by atoms with Crippen LogP contribution >= 0.6 is 0 Å². The Morgan fingerprint density at radius 1 is 0.862 bits per heavy atom. The lowest BCUT2D eigenvalue weighted by molar-refractivity contribution is 0.0988. The van der Waals surface area contributed by atoms with Gasteiger partial charge in [-0.3, -0.25) is 4.79 Å². The predicted molar refractivity (Wildman–Crippen MR) is 117 cm³/mol. The molecule has 4 rings (SSSR count). The third kappa shape index (κ3) is 4.21. The summed E-state index contributed by atoms with van der Waals surface area (Å²) in [7, 11) is 1.77. The summed E-state index contributed by atoms with van der Waals surface area (Å²) in [4.78, 5) is 28.3. The molecule has 0 N–H and O–H groups in total. The van der Waals surface area contributed by atoms with E-state index in [2.05, 4.69) is 44.0 Å². The van der Waals surface area contributed by atoms with E-state index in [9.17, 15) is 4.79 Å². The average Bonchev–Trinajstić information content (AvgIpc) is 2.79. The molecule has 0 unspecified atom stereocenters. The van der Waals surface area contributed by atoms with Crippen molar-refractivity contribution in [2.45, 2.75) is 6.92 Å². The summed E-state index contributed by atoms with van der Waals surface area (Å²) in [6.45, 7) is 5.34. The Kier molecular flexibility index (Phi) is 5.42. The Morgan fingerprint density at radius 2 is 1.45 bits per heavy atom. The van der Waals surface area contributed by atoms with Crippen LogP contribution < -0.4 is 14.7 Å². The van der Waals surface area contributed by atoms with E-state index in [1.54, 1.807) is 18.0 Å². The number of nitrogens with zero attached hydrogens (tertiary/aromatic N) is 5. The van der Waals surface area contributed by atoms with Gasteiger partial charge in [0.25, 0.3) is 5.91 Å². The first-order chi connectivity index (χ1) is 14.1. The molecule has 1 aliphatic rings. The smallest absolute Gasteiger partial charge is 0.276 e. The first kappa shape index (κ1) is 18.9. The molecule has 0 saturated carbocycles. The van der Waals surface area contributed by atoms with Crippen LogP contribution in [0, 0.1) is 6.92 Å². The number of para-hydroxylation sites is 2. The lowest BCUT2D eigenvalue weighted by Gasteiger charge is -2.36. The second-order valence-corrected chi connectivity index (χ2v) is 7.20. The van der Waals surface area contributed by atoms with Crippen LogP contribution in [0.2, 0.25) is 0 Å². The first-order valence-electron chi connectivity index (χ1n) is 9.85. The maximum Gasteiger partial charge on any atom is 0.276 e. The van der Waals surface area contributed by atoms with E-state index >= 15 is 0 Å². The highest BCUT2D eigenvalue weighted by atomic mass is 16.2. The topological polar surface area (TPSA) is 52.6 Å². The summed E-state index contributed by atoms with van der Waals surface area (Å²) < 4.78 is 0. The number of piperazine rings is 1. The summed E-state index contributed by atoms with van der Waals surface area (Å²) in [6, 6.07) is 21.8. The van der Waals surface area contributed by atoms with Gasteiger partial charge in [-0.1, -0.05) is 36.4 Å². The molecule has 2 heterocycles. The number of carbonyl (C=O) groups is 1. The van der Waals surface area contributed by atoms with Crippen LogP contribution in [-0.2, 0) is 0 Å². The van der Waals surface area contributed by atoms with Crippen LogP contribution in [0.15, 0.2) is 66.7 Å². The quantitative estimate of drug-likeness (QED) is 0.687. The van der Waals surface area contributed by atoms with Gasteiger partial charge in [0.2, 0.25) is 5.95 Å². The second kappa shape index (κ2) is 8.31. The van der Waals surface area contributed by atoms with Crippen LogP contribution in [0.5, 0.6) is 0 Å². The highest BCUT2D eigenvalue weighted by molar-refractivity contribution is 6.04. The highest BCUT2D eigenvalue weighted by Gasteiger charge is 2.22. The van der Waals surface area contributed by atoms with Crippen molar-refractivity contribution in [1.82, 2.24) is 9.97 Å². The van der Waals surface area contributed by atoms with Crippen molar-refractivity contribution in [3.8, 4) is 0 Å². The molecule has 148 valence electrons. The monoisotopic (exact) mass is 387 g/mol. The molecule has 29 heavy (non-hydrogen) atoms. The number of aromatic nitrogens is 2. The van der Waals surface area contributed by atoms with E-state index in [4.69, 9.17) is 0 Å². The molecule has 0 bridgehead atoms. The molecule has 3 aromatic rings. The standard InChI is InChI=1S/C23H25N5O/c1-18-17-21(22(29)26(2)19-9-5-3-6-10-19)25-23(24-18)28-15-13-27(14-16-28)20-11-7-4-8-12-20/h3-12,17H,13-16H2,1-2H3. The molecule has 0 radical (unpaired) electrons. The molecule has 0 aliphatic carbocycles. The number of rotatable bonds is 4. The fourth-order valence-electron chi connectivity index (χ4n) is 3.55. The molecule has 6 nitrogen and oxygen atoms in total. The Balaban J connectivity index is 1.50. The normalized spacial score (nSPS) is 14.0. The SMILES string of the molecule is Cc1cc(C(=O)N(C)c2ccccc2)nc(N2CCN(c3ccccc3)CC2)n1. The van der Waals surface area contributed by atoms with Crippen LogP contribution in [0.25, 0.3) is 0 Å². The van der Waals surface area contributed by atoms with E-state index in [0.717, 1.165) is 37.6 Å². The average molecular weight is 387 g/mol. The maximum absolute atomic E-state index is 13.0. The van der Waals surface area contributed by atoms with Gasteiger partial charge in [-0.15, -0.1) is 0 Å². The van der Waals surface area contributed by atoms with Gasteiger partial charge in [0.15, 0.2) is 0 Å². The summed E-state index contributed by atoms with van der Waals surface area (Å²) in [5.41, 5.74) is 3.29. The third-order valence-corrected chi connectivity index (χ3v) is 5.19. The third-order valence-electron chi connectivity index (χ3n) is 5.19. The van der Waals surface area contributed by atoms with Crippen molar-refractivity contribution in [3.63, 3.8) is 0 Å².